The van der Waals surface area contributed by atoms with Gasteiger partial charge in [-0.2, -0.15) is 0 Å². The quantitative estimate of drug-likeness (QED) is 0.690. The second kappa shape index (κ2) is 3.86. The van der Waals surface area contributed by atoms with Gasteiger partial charge in [-0.3, -0.25) is 0 Å². The smallest absolute Gasteiger partial charge is 0.211 e. The van der Waals surface area contributed by atoms with Crippen molar-refractivity contribution in [2.24, 2.45) is 0 Å². The number of nitrogens with zero attached hydrogens (tertiary/aromatic N) is 2. The Morgan fingerprint density at radius 1 is 0.786 bits per heavy atom. The molecular formula is C9H25N2Si3. The lowest BCUT2D eigenvalue weighted by Crippen LogP contribution is -2.58. The van der Waals surface area contributed by atoms with Gasteiger partial charge >= 0.3 is 0 Å². The first-order valence-corrected chi connectivity index (χ1v) is 14.3. The Morgan fingerprint density at radius 2 is 1.07 bits per heavy atom. The summed E-state index contributed by atoms with van der Waals surface area (Å²) >= 11 is 0. The fourth-order valence-corrected chi connectivity index (χ4v) is 13.8. The summed E-state index contributed by atoms with van der Waals surface area (Å²) < 4.78 is 5.71. The lowest BCUT2D eigenvalue weighted by molar-refractivity contribution is 0.654. The average Bonchev–Trinajstić information content (AvgIpc) is 2.26. The van der Waals surface area contributed by atoms with Crippen molar-refractivity contribution in [3.05, 3.63) is 0 Å². The van der Waals surface area contributed by atoms with Gasteiger partial charge in [0.1, 0.15) is 16.5 Å². The summed E-state index contributed by atoms with van der Waals surface area (Å²) in [6, 6.07) is 0. The minimum Gasteiger partial charge on any atom is -0.333 e. The third-order valence-electron chi connectivity index (χ3n) is 2.95. The van der Waals surface area contributed by atoms with Crippen LogP contribution in [0.1, 0.15) is 0 Å². The zero-order valence-electron chi connectivity index (χ0n) is 10.8. The molecule has 0 aromatic carbocycles. The minimum atomic E-state index is -1.05. The predicted octanol–water partition coefficient (Wildman–Crippen LogP) is 2.39. The Bertz CT molecular complexity index is 185. The fourth-order valence-electron chi connectivity index (χ4n) is 2.31. The molecule has 0 saturated carbocycles. The fraction of sp³-hybridized carbons (Fsp3) is 1.00. The maximum Gasteiger partial charge on any atom is 0.211 e. The van der Waals surface area contributed by atoms with Crippen LogP contribution in [-0.2, 0) is 0 Å². The summed E-state index contributed by atoms with van der Waals surface area (Å²) in [6.45, 7) is 20.1. The SMILES string of the molecule is C[Si]1N([Si](C)(C)C)CCN1[Si](C)(C)C. The highest BCUT2D eigenvalue weighted by molar-refractivity contribution is 6.88. The van der Waals surface area contributed by atoms with E-state index in [9.17, 15) is 0 Å². The van der Waals surface area contributed by atoms with E-state index in [4.69, 9.17) is 0 Å². The van der Waals surface area contributed by atoms with Crippen molar-refractivity contribution < 1.29 is 0 Å². The van der Waals surface area contributed by atoms with E-state index in [1.165, 1.54) is 13.1 Å². The first-order chi connectivity index (χ1) is 6.14. The van der Waals surface area contributed by atoms with Crippen LogP contribution in [-0.4, -0.2) is 47.1 Å². The third-order valence-corrected chi connectivity index (χ3v) is 14.6. The molecule has 0 aromatic rings. The van der Waals surface area contributed by atoms with Crippen molar-refractivity contribution in [2.75, 3.05) is 13.1 Å². The number of rotatable bonds is 2. The molecule has 83 valence electrons. The summed E-state index contributed by atoms with van der Waals surface area (Å²) in [4.78, 5) is 0. The maximum atomic E-state index is 2.86. The van der Waals surface area contributed by atoms with Crippen molar-refractivity contribution >= 4 is 25.6 Å². The molecule has 0 aliphatic carbocycles. The summed E-state index contributed by atoms with van der Waals surface area (Å²) in [5.74, 6) is 0. The third kappa shape index (κ3) is 2.57. The Kier molecular flexibility index (Phi) is 3.48. The second-order valence-corrected chi connectivity index (χ2v) is 19.0. The highest BCUT2D eigenvalue weighted by Crippen LogP contribution is 2.23. The van der Waals surface area contributed by atoms with Gasteiger partial charge in [-0.15, -0.1) is 0 Å². The van der Waals surface area contributed by atoms with Gasteiger partial charge in [0.25, 0.3) is 0 Å². The van der Waals surface area contributed by atoms with E-state index in [0.717, 1.165) is 0 Å². The van der Waals surface area contributed by atoms with Gasteiger partial charge in [0.05, 0.1) is 0 Å². The number of hydrogen-bond donors (Lipinski definition) is 0. The van der Waals surface area contributed by atoms with E-state index in [1.807, 2.05) is 0 Å². The molecule has 5 heteroatoms. The van der Waals surface area contributed by atoms with Crippen molar-refractivity contribution in [3.8, 4) is 0 Å². The second-order valence-electron chi connectivity index (χ2n) is 6.19. The average molecular weight is 246 g/mol. The largest absolute Gasteiger partial charge is 0.333 e. The molecule has 1 aliphatic rings. The first kappa shape index (κ1) is 12.6. The molecule has 0 unspecified atom stereocenters. The zero-order valence-corrected chi connectivity index (χ0v) is 13.8. The molecule has 1 radical (unpaired) electrons. The van der Waals surface area contributed by atoms with Gasteiger partial charge < -0.3 is 8.46 Å². The van der Waals surface area contributed by atoms with Gasteiger partial charge in [0.15, 0.2) is 0 Å². The van der Waals surface area contributed by atoms with Crippen LogP contribution in [0, 0.1) is 0 Å². The summed E-state index contributed by atoms with van der Waals surface area (Å²) in [5.41, 5.74) is 0. The van der Waals surface area contributed by atoms with Crippen molar-refractivity contribution in [2.45, 2.75) is 45.8 Å². The van der Waals surface area contributed by atoms with Crippen LogP contribution >= 0.6 is 0 Å². The van der Waals surface area contributed by atoms with E-state index in [-0.39, 0.29) is 9.12 Å². The Labute approximate surface area is 93.2 Å². The molecule has 14 heavy (non-hydrogen) atoms. The monoisotopic (exact) mass is 245 g/mol. The van der Waals surface area contributed by atoms with E-state index >= 15 is 0 Å². The molecular weight excluding hydrogens is 220 g/mol. The number of hydrogen-bond acceptors (Lipinski definition) is 2. The van der Waals surface area contributed by atoms with E-state index < -0.39 is 16.5 Å². The van der Waals surface area contributed by atoms with Crippen molar-refractivity contribution in [1.29, 1.82) is 0 Å². The van der Waals surface area contributed by atoms with Crippen LogP contribution in [0.5, 0.6) is 0 Å². The molecule has 0 atom stereocenters. The van der Waals surface area contributed by atoms with E-state index in [2.05, 4.69) is 54.3 Å². The molecule has 1 rings (SSSR count). The van der Waals surface area contributed by atoms with Crippen LogP contribution < -0.4 is 0 Å². The first-order valence-electron chi connectivity index (χ1n) is 5.53. The standard InChI is InChI=1S/C9H25N2Si3/c1-12-10(13(2,3)4)8-9-11(12)14(5,6)7/h8-9H2,1-7H3. The lowest BCUT2D eigenvalue weighted by atomic mass is 10.7. The summed E-state index contributed by atoms with van der Waals surface area (Å²) in [5, 5.41) is 0. The lowest BCUT2D eigenvalue weighted by Gasteiger charge is -2.38. The molecule has 1 fully saturated rings. The van der Waals surface area contributed by atoms with E-state index in [0.29, 0.717) is 0 Å². The van der Waals surface area contributed by atoms with Crippen LogP contribution in [0.4, 0.5) is 0 Å². The Balaban J connectivity index is 2.75. The van der Waals surface area contributed by atoms with Crippen LogP contribution in [0.2, 0.25) is 45.8 Å². The maximum absolute atomic E-state index is 2.86. The zero-order chi connectivity index (χ0) is 11.1. The Morgan fingerprint density at radius 3 is 1.21 bits per heavy atom. The van der Waals surface area contributed by atoms with Crippen molar-refractivity contribution in [3.63, 3.8) is 0 Å². The topological polar surface area (TPSA) is 6.48 Å². The molecule has 1 saturated heterocycles. The highest BCUT2D eigenvalue weighted by atomic mass is 28.4. The molecule has 0 N–H and O–H groups in total. The van der Waals surface area contributed by atoms with E-state index in [1.54, 1.807) is 0 Å². The Hall–Kier alpha value is 0.571. The van der Waals surface area contributed by atoms with Gasteiger partial charge in [-0.25, -0.2) is 0 Å². The molecule has 1 aliphatic heterocycles. The normalized spacial score (nSPS) is 23.4. The molecule has 0 spiro atoms. The van der Waals surface area contributed by atoms with Crippen LogP contribution in [0.15, 0.2) is 0 Å². The molecule has 1 heterocycles. The molecule has 0 amide bonds. The van der Waals surface area contributed by atoms with Crippen LogP contribution in [0.3, 0.4) is 0 Å². The van der Waals surface area contributed by atoms with Crippen molar-refractivity contribution in [1.82, 2.24) is 8.46 Å². The van der Waals surface area contributed by atoms with Gasteiger partial charge in [-0.1, -0.05) is 39.3 Å². The molecule has 0 aromatic heterocycles. The highest BCUT2D eigenvalue weighted by Gasteiger charge is 2.42. The predicted molar refractivity (Wildman–Crippen MR) is 71.7 cm³/mol. The minimum absolute atomic E-state index is 0.359. The van der Waals surface area contributed by atoms with Gasteiger partial charge in [0.2, 0.25) is 9.12 Å². The van der Waals surface area contributed by atoms with Gasteiger partial charge in [0, 0.05) is 0 Å². The van der Waals surface area contributed by atoms with Crippen LogP contribution in [0.25, 0.3) is 0 Å². The summed E-state index contributed by atoms with van der Waals surface area (Å²) in [7, 11) is -2.46. The molecule has 2 nitrogen and oxygen atoms in total. The summed E-state index contributed by atoms with van der Waals surface area (Å²) in [6.07, 6.45) is 0. The molecule has 0 bridgehead atoms. The van der Waals surface area contributed by atoms with Gasteiger partial charge in [-0.05, 0) is 19.6 Å².